The van der Waals surface area contributed by atoms with E-state index in [1.807, 2.05) is 0 Å². The number of rotatable bonds is 5. The molecule has 0 bridgehead atoms. The van der Waals surface area contributed by atoms with E-state index in [2.05, 4.69) is 10.6 Å². The van der Waals surface area contributed by atoms with Gasteiger partial charge in [0.05, 0.1) is 14.2 Å². The number of carbonyl (C=O) groups excluding carboxylic acids is 2. The maximum Gasteiger partial charge on any atom is 0.318 e. The molecule has 7 heteroatoms. The number of amides is 3. The number of benzene rings is 1. The number of nitrogens with one attached hydrogen (secondary N) is 2. The highest BCUT2D eigenvalue weighted by Gasteiger charge is 2.35. The number of urea groups is 1. The zero-order valence-electron chi connectivity index (χ0n) is 16.1. The van der Waals surface area contributed by atoms with Gasteiger partial charge in [-0.2, -0.15) is 0 Å². The Bertz CT molecular complexity index is 673. The molecule has 1 heterocycles. The summed E-state index contributed by atoms with van der Waals surface area (Å²) in [5, 5.41) is 6.02. The Balaban J connectivity index is 1.62. The second-order valence-electron chi connectivity index (χ2n) is 7.19. The minimum Gasteiger partial charge on any atom is -0.493 e. The van der Waals surface area contributed by atoms with Crippen molar-refractivity contribution in [1.82, 2.24) is 10.2 Å². The number of ether oxygens (including phenoxy) is 2. The highest BCUT2D eigenvalue weighted by Crippen LogP contribution is 2.30. The monoisotopic (exact) mass is 375 g/mol. The van der Waals surface area contributed by atoms with Crippen LogP contribution >= 0.6 is 0 Å². The van der Waals surface area contributed by atoms with Crippen molar-refractivity contribution in [3.8, 4) is 11.5 Å². The Labute approximate surface area is 160 Å². The normalized spacial score (nSPS) is 20.2. The number of carbonyl (C=O) groups is 2. The topological polar surface area (TPSA) is 79.9 Å². The Morgan fingerprint density at radius 2 is 1.74 bits per heavy atom. The molecular weight excluding hydrogens is 346 g/mol. The summed E-state index contributed by atoms with van der Waals surface area (Å²) < 4.78 is 10.5. The van der Waals surface area contributed by atoms with Gasteiger partial charge in [0.1, 0.15) is 6.04 Å². The number of nitrogens with zero attached hydrogens (tertiary/aromatic N) is 1. The van der Waals surface area contributed by atoms with Crippen LogP contribution in [0.1, 0.15) is 44.9 Å². The van der Waals surface area contributed by atoms with Gasteiger partial charge in [0.15, 0.2) is 11.5 Å². The molecule has 0 unspecified atom stereocenters. The lowest BCUT2D eigenvalue weighted by Crippen LogP contribution is -2.50. The summed E-state index contributed by atoms with van der Waals surface area (Å²) in [5.41, 5.74) is 0.622. The van der Waals surface area contributed by atoms with Crippen LogP contribution < -0.4 is 20.1 Å². The SMILES string of the molecule is COc1ccc(NC(=O)[C@H]2CCCN2C(=O)NC2CCCCC2)cc1OC. The molecule has 2 aliphatic rings. The van der Waals surface area contributed by atoms with Gasteiger partial charge in [0.2, 0.25) is 5.91 Å². The maximum atomic E-state index is 12.8. The van der Waals surface area contributed by atoms with Crippen molar-refractivity contribution in [2.75, 3.05) is 26.1 Å². The zero-order valence-corrected chi connectivity index (χ0v) is 16.1. The minimum atomic E-state index is -0.443. The molecule has 3 amide bonds. The molecule has 7 nitrogen and oxygen atoms in total. The van der Waals surface area contributed by atoms with E-state index in [1.54, 1.807) is 37.3 Å². The quantitative estimate of drug-likeness (QED) is 0.829. The fourth-order valence-electron chi connectivity index (χ4n) is 3.93. The summed E-state index contributed by atoms with van der Waals surface area (Å²) in [6, 6.07) is 4.91. The van der Waals surface area contributed by atoms with Crippen molar-refractivity contribution in [2.45, 2.75) is 57.0 Å². The molecule has 0 radical (unpaired) electrons. The van der Waals surface area contributed by atoms with Gasteiger partial charge in [-0.05, 0) is 37.8 Å². The molecule has 1 aromatic rings. The number of hydrogen-bond donors (Lipinski definition) is 2. The molecular formula is C20H29N3O4. The first kappa shape index (κ1) is 19.3. The lowest BCUT2D eigenvalue weighted by Gasteiger charge is -2.29. The Morgan fingerprint density at radius 3 is 2.44 bits per heavy atom. The number of likely N-dealkylation sites (tertiary alicyclic amines) is 1. The smallest absolute Gasteiger partial charge is 0.318 e. The predicted octanol–water partition coefficient (Wildman–Crippen LogP) is 3.15. The Hall–Kier alpha value is -2.44. The molecule has 3 rings (SSSR count). The lowest BCUT2D eigenvalue weighted by atomic mass is 9.96. The van der Waals surface area contributed by atoms with Crippen LogP contribution in [0.4, 0.5) is 10.5 Å². The summed E-state index contributed by atoms with van der Waals surface area (Å²) >= 11 is 0. The third-order valence-electron chi connectivity index (χ3n) is 5.40. The van der Waals surface area contributed by atoms with Crippen molar-refractivity contribution in [1.29, 1.82) is 0 Å². The van der Waals surface area contributed by atoms with E-state index in [1.165, 1.54) is 6.42 Å². The maximum absolute atomic E-state index is 12.8. The Morgan fingerprint density at radius 1 is 1.00 bits per heavy atom. The van der Waals surface area contributed by atoms with Gasteiger partial charge < -0.3 is 25.0 Å². The van der Waals surface area contributed by atoms with Crippen LogP contribution in [-0.4, -0.2) is 49.7 Å². The third kappa shape index (κ3) is 4.64. The van der Waals surface area contributed by atoms with Gasteiger partial charge in [-0.1, -0.05) is 19.3 Å². The fraction of sp³-hybridized carbons (Fsp3) is 0.600. The standard InChI is InChI=1S/C20H29N3O4/c1-26-17-11-10-15(13-18(17)27-2)21-19(24)16-9-6-12-23(16)20(25)22-14-7-4-3-5-8-14/h10-11,13-14,16H,3-9,12H2,1-2H3,(H,21,24)(H,22,25)/t16-/m1/s1. The molecule has 1 aliphatic carbocycles. The summed E-state index contributed by atoms with van der Waals surface area (Å²) in [5.74, 6) is 0.983. The molecule has 0 aromatic heterocycles. The van der Waals surface area contributed by atoms with Crippen LogP contribution in [0.2, 0.25) is 0 Å². The highest BCUT2D eigenvalue weighted by atomic mass is 16.5. The summed E-state index contributed by atoms with van der Waals surface area (Å²) in [7, 11) is 3.12. The molecule has 148 valence electrons. The van der Waals surface area contributed by atoms with Gasteiger partial charge in [-0.15, -0.1) is 0 Å². The third-order valence-corrected chi connectivity index (χ3v) is 5.40. The van der Waals surface area contributed by atoms with Gasteiger partial charge >= 0.3 is 6.03 Å². The van der Waals surface area contributed by atoms with Crippen molar-refractivity contribution in [2.24, 2.45) is 0 Å². The molecule has 1 aliphatic heterocycles. The van der Waals surface area contributed by atoms with E-state index in [9.17, 15) is 9.59 Å². The number of methoxy groups -OCH3 is 2. The van der Waals surface area contributed by atoms with Crippen LogP contribution in [0.3, 0.4) is 0 Å². The summed E-state index contributed by atoms with van der Waals surface area (Å²) in [4.78, 5) is 27.1. The van der Waals surface area contributed by atoms with Crippen molar-refractivity contribution in [3.05, 3.63) is 18.2 Å². The van der Waals surface area contributed by atoms with Crippen LogP contribution in [0.5, 0.6) is 11.5 Å². The van der Waals surface area contributed by atoms with Crippen LogP contribution in [0, 0.1) is 0 Å². The van der Waals surface area contributed by atoms with Crippen LogP contribution in [0.15, 0.2) is 18.2 Å². The first-order valence-electron chi connectivity index (χ1n) is 9.72. The van der Waals surface area contributed by atoms with E-state index in [4.69, 9.17) is 9.47 Å². The van der Waals surface area contributed by atoms with E-state index in [0.717, 1.165) is 32.1 Å². The molecule has 27 heavy (non-hydrogen) atoms. The zero-order chi connectivity index (χ0) is 19.2. The first-order chi connectivity index (χ1) is 13.1. The molecule has 1 atom stereocenters. The van der Waals surface area contributed by atoms with E-state index < -0.39 is 6.04 Å². The Kier molecular flexibility index (Phi) is 6.42. The van der Waals surface area contributed by atoms with E-state index in [0.29, 0.717) is 30.2 Å². The molecule has 2 N–H and O–H groups in total. The molecule has 2 fully saturated rings. The summed E-state index contributed by atoms with van der Waals surface area (Å²) in [6.45, 7) is 0.614. The van der Waals surface area contributed by atoms with E-state index >= 15 is 0 Å². The first-order valence-corrected chi connectivity index (χ1v) is 9.72. The lowest BCUT2D eigenvalue weighted by molar-refractivity contribution is -0.119. The minimum absolute atomic E-state index is 0.119. The van der Waals surface area contributed by atoms with Crippen molar-refractivity contribution < 1.29 is 19.1 Å². The highest BCUT2D eigenvalue weighted by molar-refractivity contribution is 5.97. The number of anilines is 1. The molecule has 1 aromatic carbocycles. The molecule has 1 saturated carbocycles. The fourth-order valence-corrected chi connectivity index (χ4v) is 3.93. The molecule has 1 saturated heterocycles. The van der Waals surface area contributed by atoms with Gasteiger partial charge in [-0.25, -0.2) is 4.79 Å². The van der Waals surface area contributed by atoms with Gasteiger partial charge in [-0.3, -0.25) is 4.79 Å². The summed E-state index contributed by atoms with van der Waals surface area (Å²) in [6.07, 6.45) is 7.14. The largest absolute Gasteiger partial charge is 0.493 e. The van der Waals surface area contributed by atoms with E-state index in [-0.39, 0.29) is 18.0 Å². The second kappa shape index (κ2) is 8.97. The predicted molar refractivity (Wildman–Crippen MR) is 103 cm³/mol. The average Bonchev–Trinajstić information content (AvgIpc) is 3.19. The molecule has 0 spiro atoms. The second-order valence-corrected chi connectivity index (χ2v) is 7.19. The van der Waals surface area contributed by atoms with Crippen molar-refractivity contribution >= 4 is 17.6 Å². The van der Waals surface area contributed by atoms with Gasteiger partial charge in [0.25, 0.3) is 0 Å². The van der Waals surface area contributed by atoms with Crippen LogP contribution in [-0.2, 0) is 4.79 Å². The van der Waals surface area contributed by atoms with Crippen molar-refractivity contribution in [3.63, 3.8) is 0 Å². The average molecular weight is 375 g/mol. The van der Waals surface area contributed by atoms with Gasteiger partial charge in [0, 0.05) is 24.3 Å². The van der Waals surface area contributed by atoms with Crippen LogP contribution in [0.25, 0.3) is 0 Å². The number of hydrogen-bond acceptors (Lipinski definition) is 4.